The minimum atomic E-state index is -0.210. The van der Waals surface area contributed by atoms with Crippen molar-refractivity contribution in [2.75, 3.05) is 13.7 Å². The molecule has 0 spiro atoms. The van der Waals surface area contributed by atoms with Crippen LogP contribution in [-0.4, -0.2) is 19.6 Å². The second kappa shape index (κ2) is 7.71. The lowest BCUT2D eigenvalue weighted by Gasteiger charge is -2.15. The van der Waals surface area contributed by atoms with Gasteiger partial charge in [-0.25, -0.2) is 0 Å². The summed E-state index contributed by atoms with van der Waals surface area (Å²) in [5.41, 5.74) is 0.943. The minimum Gasteiger partial charge on any atom is -0.493 e. The molecule has 2 aromatic carbocycles. The molecule has 1 N–H and O–H groups in total. The normalized spacial score (nSPS) is 11.6. The fourth-order valence-corrected chi connectivity index (χ4v) is 2.22. The number of hydrogen-bond acceptors (Lipinski definition) is 3. The SMILES string of the molecule is COc1ccccc1OCC(=O)N[C@@H](C)c1cccc(Cl)c1. The van der Waals surface area contributed by atoms with Gasteiger partial charge in [0.15, 0.2) is 18.1 Å². The summed E-state index contributed by atoms with van der Waals surface area (Å²) in [6, 6.07) is 14.4. The molecule has 22 heavy (non-hydrogen) atoms. The zero-order valence-electron chi connectivity index (χ0n) is 12.5. The lowest BCUT2D eigenvalue weighted by molar-refractivity contribution is -0.123. The fraction of sp³-hybridized carbons (Fsp3) is 0.235. The summed E-state index contributed by atoms with van der Waals surface area (Å²) < 4.78 is 10.7. The maximum atomic E-state index is 12.0. The van der Waals surface area contributed by atoms with Crippen molar-refractivity contribution < 1.29 is 14.3 Å². The van der Waals surface area contributed by atoms with E-state index in [9.17, 15) is 4.79 Å². The summed E-state index contributed by atoms with van der Waals surface area (Å²) in [4.78, 5) is 12.0. The van der Waals surface area contributed by atoms with E-state index in [-0.39, 0.29) is 18.6 Å². The molecule has 2 aromatic rings. The molecular formula is C17H18ClNO3. The Kier molecular flexibility index (Phi) is 5.67. The van der Waals surface area contributed by atoms with Gasteiger partial charge in [-0.1, -0.05) is 35.9 Å². The van der Waals surface area contributed by atoms with Crippen LogP contribution in [0.25, 0.3) is 0 Å². The van der Waals surface area contributed by atoms with Crippen LogP contribution >= 0.6 is 11.6 Å². The number of ether oxygens (including phenoxy) is 2. The summed E-state index contributed by atoms with van der Waals surface area (Å²) >= 11 is 5.95. The molecule has 0 unspecified atom stereocenters. The Labute approximate surface area is 135 Å². The highest BCUT2D eigenvalue weighted by Gasteiger charge is 2.11. The zero-order valence-corrected chi connectivity index (χ0v) is 13.3. The minimum absolute atomic E-state index is 0.0781. The number of methoxy groups -OCH3 is 1. The fourth-order valence-electron chi connectivity index (χ4n) is 2.02. The molecule has 2 rings (SSSR count). The van der Waals surface area contributed by atoms with Crippen molar-refractivity contribution in [2.24, 2.45) is 0 Å². The molecule has 0 saturated heterocycles. The Balaban J connectivity index is 1.90. The van der Waals surface area contributed by atoms with Gasteiger partial charge in [0.2, 0.25) is 0 Å². The van der Waals surface area contributed by atoms with Crippen LogP contribution in [0.5, 0.6) is 11.5 Å². The first kappa shape index (κ1) is 16.2. The number of nitrogens with one attached hydrogen (secondary N) is 1. The molecule has 0 aliphatic rings. The van der Waals surface area contributed by atoms with Gasteiger partial charge >= 0.3 is 0 Å². The van der Waals surface area contributed by atoms with Gasteiger partial charge in [0, 0.05) is 5.02 Å². The van der Waals surface area contributed by atoms with Crippen molar-refractivity contribution in [2.45, 2.75) is 13.0 Å². The van der Waals surface area contributed by atoms with E-state index < -0.39 is 0 Å². The van der Waals surface area contributed by atoms with E-state index in [0.717, 1.165) is 5.56 Å². The molecular weight excluding hydrogens is 302 g/mol. The molecule has 0 bridgehead atoms. The monoisotopic (exact) mass is 319 g/mol. The highest BCUT2D eigenvalue weighted by Crippen LogP contribution is 2.25. The number of benzene rings is 2. The third-order valence-corrected chi connectivity index (χ3v) is 3.39. The Hall–Kier alpha value is -2.20. The molecule has 0 fully saturated rings. The second-order valence-electron chi connectivity index (χ2n) is 4.78. The van der Waals surface area contributed by atoms with E-state index in [4.69, 9.17) is 21.1 Å². The molecule has 5 heteroatoms. The Morgan fingerprint density at radius 1 is 1.18 bits per heavy atom. The lowest BCUT2D eigenvalue weighted by atomic mass is 10.1. The van der Waals surface area contributed by atoms with Gasteiger partial charge in [-0.05, 0) is 36.8 Å². The second-order valence-corrected chi connectivity index (χ2v) is 5.22. The quantitative estimate of drug-likeness (QED) is 0.885. The summed E-state index contributed by atoms with van der Waals surface area (Å²) in [6.45, 7) is 1.82. The van der Waals surface area contributed by atoms with Crippen LogP contribution in [0, 0.1) is 0 Å². The lowest BCUT2D eigenvalue weighted by Crippen LogP contribution is -2.31. The van der Waals surface area contributed by atoms with Crippen LogP contribution in [-0.2, 0) is 4.79 Å². The number of amides is 1. The molecule has 0 aromatic heterocycles. The Morgan fingerprint density at radius 2 is 1.91 bits per heavy atom. The number of rotatable bonds is 6. The standard InChI is InChI=1S/C17H18ClNO3/c1-12(13-6-5-7-14(18)10-13)19-17(20)11-22-16-9-4-3-8-15(16)21-2/h3-10,12H,11H2,1-2H3,(H,19,20)/t12-/m0/s1. The first-order chi connectivity index (χ1) is 10.6. The van der Waals surface area contributed by atoms with Gasteiger partial charge < -0.3 is 14.8 Å². The maximum Gasteiger partial charge on any atom is 0.258 e. The summed E-state index contributed by atoms with van der Waals surface area (Å²) in [6.07, 6.45) is 0. The molecule has 0 saturated carbocycles. The molecule has 1 atom stereocenters. The van der Waals surface area contributed by atoms with Crippen molar-refractivity contribution in [3.8, 4) is 11.5 Å². The van der Waals surface area contributed by atoms with Crippen molar-refractivity contribution in [1.29, 1.82) is 0 Å². The third kappa shape index (κ3) is 4.40. The van der Waals surface area contributed by atoms with Crippen LogP contribution in [0.15, 0.2) is 48.5 Å². The number of halogens is 1. The smallest absolute Gasteiger partial charge is 0.258 e. The van der Waals surface area contributed by atoms with E-state index in [0.29, 0.717) is 16.5 Å². The maximum absolute atomic E-state index is 12.0. The summed E-state index contributed by atoms with van der Waals surface area (Å²) in [5, 5.41) is 3.51. The molecule has 0 heterocycles. The molecule has 1 amide bonds. The van der Waals surface area contributed by atoms with E-state index >= 15 is 0 Å². The number of para-hydroxylation sites is 2. The zero-order chi connectivity index (χ0) is 15.9. The van der Waals surface area contributed by atoms with Crippen molar-refractivity contribution >= 4 is 17.5 Å². The molecule has 4 nitrogen and oxygen atoms in total. The molecule has 116 valence electrons. The molecule has 0 aliphatic carbocycles. The van der Waals surface area contributed by atoms with Gasteiger partial charge in [0.1, 0.15) is 0 Å². The highest BCUT2D eigenvalue weighted by atomic mass is 35.5. The van der Waals surface area contributed by atoms with E-state index in [1.165, 1.54) is 0 Å². The number of hydrogen-bond donors (Lipinski definition) is 1. The summed E-state index contributed by atoms with van der Waals surface area (Å²) in [5.74, 6) is 0.923. The average Bonchev–Trinajstić information content (AvgIpc) is 2.53. The van der Waals surface area contributed by atoms with Crippen molar-refractivity contribution in [1.82, 2.24) is 5.32 Å². The van der Waals surface area contributed by atoms with Gasteiger partial charge in [0.25, 0.3) is 5.91 Å². The van der Waals surface area contributed by atoms with Crippen molar-refractivity contribution in [3.63, 3.8) is 0 Å². The first-order valence-corrected chi connectivity index (χ1v) is 7.28. The van der Waals surface area contributed by atoms with Gasteiger partial charge in [-0.2, -0.15) is 0 Å². The van der Waals surface area contributed by atoms with Crippen LogP contribution in [0.2, 0.25) is 5.02 Å². The molecule has 0 radical (unpaired) electrons. The predicted molar refractivity (Wildman–Crippen MR) is 86.5 cm³/mol. The average molecular weight is 320 g/mol. The van der Waals surface area contributed by atoms with Gasteiger partial charge in [0.05, 0.1) is 13.2 Å². The molecule has 0 aliphatic heterocycles. The highest BCUT2D eigenvalue weighted by molar-refractivity contribution is 6.30. The van der Waals surface area contributed by atoms with Gasteiger partial charge in [-0.3, -0.25) is 4.79 Å². The van der Waals surface area contributed by atoms with E-state index in [2.05, 4.69) is 5.32 Å². The van der Waals surface area contributed by atoms with Crippen LogP contribution in [0.1, 0.15) is 18.5 Å². The van der Waals surface area contributed by atoms with E-state index in [1.54, 1.807) is 25.3 Å². The first-order valence-electron chi connectivity index (χ1n) is 6.91. The third-order valence-electron chi connectivity index (χ3n) is 3.15. The van der Waals surface area contributed by atoms with Crippen LogP contribution in [0.4, 0.5) is 0 Å². The van der Waals surface area contributed by atoms with Crippen LogP contribution < -0.4 is 14.8 Å². The predicted octanol–water partition coefficient (Wildman–Crippen LogP) is 3.60. The van der Waals surface area contributed by atoms with Gasteiger partial charge in [-0.15, -0.1) is 0 Å². The van der Waals surface area contributed by atoms with Crippen LogP contribution in [0.3, 0.4) is 0 Å². The Morgan fingerprint density at radius 3 is 2.59 bits per heavy atom. The number of carbonyl (C=O) groups excluding carboxylic acids is 1. The largest absolute Gasteiger partial charge is 0.493 e. The number of carbonyl (C=O) groups is 1. The van der Waals surface area contributed by atoms with Crippen molar-refractivity contribution in [3.05, 3.63) is 59.1 Å². The summed E-state index contributed by atoms with van der Waals surface area (Å²) in [7, 11) is 1.56. The Bertz CT molecular complexity index is 645. The topological polar surface area (TPSA) is 47.6 Å². The van der Waals surface area contributed by atoms with E-state index in [1.807, 2.05) is 37.3 Å².